The molecule has 0 atom stereocenters. The summed E-state index contributed by atoms with van der Waals surface area (Å²) in [5, 5.41) is 1.64. The van der Waals surface area contributed by atoms with Gasteiger partial charge in [0.2, 0.25) is 5.69 Å². The first-order valence-corrected chi connectivity index (χ1v) is 7.46. The molecule has 0 fully saturated rings. The molecule has 25 heavy (non-hydrogen) atoms. The van der Waals surface area contributed by atoms with E-state index in [4.69, 9.17) is 0 Å². The molecule has 0 radical (unpaired) electrons. The van der Waals surface area contributed by atoms with Crippen LogP contribution in [0, 0.1) is 23.3 Å². The first-order chi connectivity index (χ1) is 11.9. The average molecular weight is 369 g/mol. The largest absolute Gasteiger partial charge is 0.315 e. The fraction of sp³-hybridized carbons (Fsp3) is 0. The van der Waals surface area contributed by atoms with E-state index in [1.165, 1.54) is 24.3 Å². The van der Waals surface area contributed by atoms with Gasteiger partial charge in [-0.1, -0.05) is 30.3 Å². The molecule has 128 valence electrons. The van der Waals surface area contributed by atoms with Gasteiger partial charge in [0.15, 0.2) is 23.3 Å². The van der Waals surface area contributed by atoms with Crippen LogP contribution in [0.25, 0.3) is 11.1 Å². The van der Waals surface area contributed by atoms with Crippen LogP contribution in [0.1, 0.15) is 10.5 Å². The van der Waals surface area contributed by atoms with Gasteiger partial charge in [-0.2, -0.15) is 4.37 Å². The quantitative estimate of drug-likeness (QED) is 0.549. The maximum atomic E-state index is 14.2. The van der Waals surface area contributed by atoms with Crippen molar-refractivity contribution >= 4 is 23.3 Å². The summed E-state index contributed by atoms with van der Waals surface area (Å²) in [6, 6.07) is 6.98. The molecule has 1 aromatic heterocycles. The third kappa shape index (κ3) is 2.91. The van der Waals surface area contributed by atoms with Crippen molar-refractivity contribution in [2.24, 2.45) is 0 Å². The number of aromatic amines is 1. The summed E-state index contributed by atoms with van der Waals surface area (Å²) in [6.45, 7) is 0. The molecular weight excluding hydrogens is 362 g/mol. The minimum atomic E-state index is -1.79. The Labute approximate surface area is 141 Å². The van der Waals surface area contributed by atoms with Crippen molar-refractivity contribution in [2.75, 3.05) is 5.32 Å². The lowest BCUT2D eigenvalue weighted by atomic mass is 10.0. The second-order valence-corrected chi connectivity index (χ2v) is 5.36. The molecule has 0 aliphatic heterocycles. The predicted molar refractivity (Wildman–Crippen MR) is 82.4 cm³/mol. The van der Waals surface area contributed by atoms with E-state index in [1.807, 2.05) is 0 Å². The molecule has 2 aromatic carbocycles. The van der Waals surface area contributed by atoms with Crippen molar-refractivity contribution in [1.29, 1.82) is 0 Å². The Hall–Kier alpha value is -3.01. The second-order valence-electron chi connectivity index (χ2n) is 4.79. The first-order valence-electron chi connectivity index (χ1n) is 6.69. The molecule has 0 bridgehead atoms. The van der Waals surface area contributed by atoms with Crippen molar-refractivity contribution < 1.29 is 22.4 Å². The van der Waals surface area contributed by atoms with E-state index in [0.29, 0.717) is 11.7 Å². The SMILES string of the molecule is O=C(Nc1c(F)c(F)c(-c2ccccc2)c(F)c1F)c1ns[nH]c1=O. The molecule has 1 amide bonds. The number of halogens is 4. The Balaban J connectivity index is 2.10. The lowest BCUT2D eigenvalue weighted by Crippen LogP contribution is -2.22. The molecule has 1 heterocycles. The number of nitrogens with one attached hydrogen (secondary N) is 2. The number of H-pyrrole nitrogens is 1. The number of hydrogen-bond donors (Lipinski definition) is 2. The highest BCUT2D eigenvalue weighted by Gasteiger charge is 2.28. The molecule has 5 nitrogen and oxygen atoms in total. The van der Waals surface area contributed by atoms with E-state index in [1.54, 1.807) is 11.4 Å². The average Bonchev–Trinajstić information content (AvgIpc) is 3.04. The molecule has 0 aliphatic carbocycles. The number of benzene rings is 2. The normalized spacial score (nSPS) is 10.7. The van der Waals surface area contributed by atoms with Crippen LogP contribution in [0.5, 0.6) is 0 Å². The van der Waals surface area contributed by atoms with Gasteiger partial charge >= 0.3 is 0 Å². The zero-order valence-corrected chi connectivity index (χ0v) is 12.9. The van der Waals surface area contributed by atoms with E-state index in [9.17, 15) is 27.2 Å². The first kappa shape index (κ1) is 16.8. The highest BCUT2D eigenvalue weighted by molar-refractivity contribution is 6.99. The van der Waals surface area contributed by atoms with E-state index >= 15 is 0 Å². The lowest BCUT2D eigenvalue weighted by molar-refractivity contribution is 0.102. The Morgan fingerprint density at radius 2 is 1.60 bits per heavy atom. The number of carbonyl (C=O) groups excluding carboxylic acids is 1. The Morgan fingerprint density at radius 1 is 1.00 bits per heavy atom. The van der Waals surface area contributed by atoms with E-state index < -0.39 is 51.7 Å². The topological polar surface area (TPSA) is 74.8 Å². The van der Waals surface area contributed by atoms with Gasteiger partial charge in [0.25, 0.3) is 11.5 Å². The Bertz CT molecular complexity index is 988. The number of nitrogens with zero attached hydrogens (tertiary/aromatic N) is 1. The maximum Gasteiger partial charge on any atom is 0.291 e. The zero-order chi connectivity index (χ0) is 18.1. The molecule has 0 saturated heterocycles. The maximum absolute atomic E-state index is 14.2. The fourth-order valence-corrected chi connectivity index (χ4v) is 2.60. The van der Waals surface area contributed by atoms with Crippen molar-refractivity contribution in [2.45, 2.75) is 0 Å². The molecule has 2 N–H and O–H groups in total. The van der Waals surface area contributed by atoms with Crippen LogP contribution in [0.4, 0.5) is 23.2 Å². The molecule has 0 unspecified atom stereocenters. The predicted octanol–water partition coefficient (Wildman–Crippen LogP) is 3.31. The summed E-state index contributed by atoms with van der Waals surface area (Å²) in [5.74, 6) is -8.23. The summed E-state index contributed by atoms with van der Waals surface area (Å²) in [4.78, 5) is 23.1. The third-order valence-electron chi connectivity index (χ3n) is 3.27. The van der Waals surface area contributed by atoms with Gasteiger partial charge in [-0.15, -0.1) is 0 Å². The summed E-state index contributed by atoms with van der Waals surface area (Å²) in [7, 11) is 0. The van der Waals surface area contributed by atoms with Crippen LogP contribution < -0.4 is 10.9 Å². The molecule has 10 heteroatoms. The second kappa shape index (κ2) is 6.48. The zero-order valence-electron chi connectivity index (χ0n) is 12.1. The van der Waals surface area contributed by atoms with Gasteiger partial charge in [0, 0.05) is 11.7 Å². The van der Waals surface area contributed by atoms with Crippen LogP contribution in [0.3, 0.4) is 0 Å². The Kier molecular flexibility index (Phi) is 4.36. The molecule has 0 saturated carbocycles. The van der Waals surface area contributed by atoms with E-state index in [0.717, 1.165) is 0 Å². The number of aromatic nitrogens is 2. The summed E-state index contributed by atoms with van der Waals surface area (Å²) < 4.78 is 62.4. The Morgan fingerprint density at radius 3 is 2.12 bits per heavy atom. The minimum Gasteiger partial charge on any atom is -0.315 e. The summed E-state index contributed by atoms with van der Waals surface area (Å²) in [6.07, 6.45) is 0. The highest BCUT2D eigenvalue weighted by atomic mass is 32.1. The smallest absolute Gasteiger partial charge is 0.291 e. The van der Waals surface area contributed by atoms with Gasteiger partial charge < -0.3 is 5.32 Å². The molecule has 0 spiro atoms. The fourth-order valence-electron chi connectivity index (χ4n) is 2.12. The van der Waals surface area contributed by atoms with Gasteiger partial charge in [-0.25, -0.2) is 17.6 Å². The lowest BCUT2D eigenvalue weighted by Gasteiger charge is -2.12. The van der Waals surface area contributed by atoms with Crippen LogP contribution in [0.15, 0.2) is 35.1 Å². The number of carbonyl (C=O) groups is 1. The number of hydrogen-bond acceptors (Lipinski definition) is 4. The monoisotopic (exact) mass is 369 g/mol. The van der Waals surface area contributed by atoms with Gasteiger partial charge in [0.05, 0.1) is 5.56 Å². The van der Waals surface area contributed by atoms with Crippen LogP contribution in [-0.4, -0.2) is 14.7 Å². The van der Waals surface area contributed by atoms with Crippen LogP contribution in [-0.2, 0) is 0 Å². The summed E-state index contributed by atoms with van der Waals surface area (Å²) in [5.41, 5.74) is -3.90. The van der Waals surface area contributed by atoms with Crippen molar-refractivity contribution in [3.63, 3.8) is 0 Å². The van der Waals surface area contributed by atoms with Crippen molar-refractivity contribution in [3.8, 4) is 11.1 Å². The molecular formula is C15H7F4N3O2S. The third-order valence-corrected chi connectivity index (χ3v) is 3.82. The van der Waals surface area contributed by atoms with Gasteiger partial charge in [-0.3, -0.25) is 14.0 Å². The highest BCUT2D eigenvalue weighted by Crippen LogP contribution is 2.34. The van der Waals surface area contributed by atoms with E-state index in [2.05, 4.69) is 8.75 Å². The molecule has 0 aliphatic rings. The van der Waals surface area contributed by atoms with Crippen LogP contribution >= 0.6 is 11.7 Å². The van der Waals surface area contributed by atoms with E-state index in [-0.39, 0.29) is 5.56 Å². The van der Waals surface area contributed by atoms with Crippen molar-refractivity contribution in [1.82, 2.24) is 8.75 Å². The minimum absolute atomic E-state index is 0.0795. The van der Waals surface area contributed by atoms with Gasteiger partial charge in [-0.05, 0) is 5.56 Å². The molecule has 3 rings (SSSR count). The van der Waals surface area contributed by atoms with Gasteiger partial charge in [0.1, 0.15) is 5.69 Å². The number of anilines is 1. The summed E-state index contributed by atoms with van der Waals surface area (Å²) >= 11 is 0.536. The number of amides is 1. The van der Waals surface area contributed by atoms with Crippen molar-refractivity contribution in [3.05, 3.63) is 69.6 Å². The van der Waals surface area contributed by atoms with Crippen LogP contribution in [0.2, 0.25) is 0 Å². The standard InChI is InChI=1S/C15H7F4N3O2S/c16-8-7(6-4-2-1-3-5-6)9(17)11(19)12(10(8)18)20-14(23)13-15(24)22-25-21-13/h1-5H,(H,20,23)(H,22,24). The number of rotatable bonds is 3. The molecule has 3 aromatic rings.